The van der Waals surface area contributed by atoms with Gasteiger partial charge in [-0.3, -0.25) is 0 Å². The van der Waals surface area contributed by atoms with E-state index in [0.29, 0.717) is 0 Å². The zero-order chi connectivity index (χ0) is 13.8. The molecule has 0 unspecified atom stereocenters. The van der Waals surface area contributed by atoms with Crippen molar-refractivity contribution in [2.24, 2.45) is 0 Å². The average Bonchev–Trinajstić information content (AvgIpc) is 2.97. The van der Waals surface area contributed by atoms with Crippen molar-refractivity contribution < 1.29 is 0 Å². The van der Waals surface area contributed by atoms with Gasteiger partial charge in [0.25, 0.3) is 0 Å². The molecule has 0 radical (unpaired) electrons. The van der Waals surface area contributed by atoms with Gasteiger partial charge in [-0.25, -0.2) is 9.97 Å². The van der Waals surface area contributed by atoms with Crippen molar-refractivity contribution >= 4 is 22.3 Å². The van der Waals surface area contributed by atoms with Crippen LogP contribution in [0.2, 0.25) is 0 Å². The highest BCUT2D eigenvalue weighted by Gasteiger charge is 2.02. The molecule has 2 heterocycles. The molecule has 0 saturated carbocycles. The van der Waals surface area contributed by atoms with Gasteiger partial charge in [-0.05, 0) is 30.0 Å². The number of aryl methyl sites for hydroxylation is 1. The Hall–Kier alpha value is -2.56. The second-order valence-corrected chi connectivity index (χ2v) is 4.72. The van der Waals surface area contributed by atoms with Gasteiger partial charge in [0, 0.05) is 42.8 Å². The van der Waals surface area contributed by atoms with Crippen LogP contribution in [0.15, 0.2) is 49.2 Å². The zero-order valence-corrected chi connectivity index (χ0v) is 11.2. The van der Waals surface area contributed by atoms with E-state index in [2.05, 4.69) is 19.9 Å². The summed E-state index contributed by atoms with van der Waals surface area (Å²) >= 11 is 0. The van der Waals surface area contributed by atoms with Crippen molar-refractivity contribution in [3.63, 3.8) is 0 Å². The fourth-order valence-corrected chi connectivity index (χ4v) is 2.21. The molecule has 3 aromatic rings. The van der Waals surface area contributed by atoms with Gasteiger partial charge >= 0.3 is 0 Å². The first kappa shape index (κ1) is 12.5. The lowest BCUT2D eigenvalue weighted by Crippen LogP contribution is -2.07. The molecule has 5 heteroatoms. The predicted octanol–water partition coefficient (Wildman–Crippen LogP) is 2.52. The number of nitrogens with zero attached hydrogens (tertiary/aromatic N) is 3. The molecule has 5 nitrogen and oxygen atoms in total. The first-order chi connectivity index (χ1) is 9.83. The SMILES string of the molecule is Nc1ccc2ccnc(NCCCn3ccnc3)c2c1. The Balaban J connectivity index is 1.66. The van der Waals surface area contributed by atoms with Crippen molar-refractivity contribution in [3.05, 3.63) is 49.2 Å². The van der Waals surface area contributed by atoms with Crippen LogP contribution in [0.25, 0.3) is 10.8 Å². The second-order valence-electron chi connectivity index (χ2n) is 4.72. The van der Waals surface area contributed by atoms with E-state index in [9.17, 15) is 0 Å². The predicted molar refractivity (Wildman–Crippen MR) is 81.5 cm³/mol. The van der Waals surface area contributed by atoms with Crippen LogP contribution in [0.5, 0.6) is 0 Å². The van der Waals surface area contributed by atoms with Crippen LogP contribution in [-0.2, 0) is 6.54 Å². The van der Waals surface area contributed by atoms with E-state index in [-0.39, 0.29) is 0 Å². The molecule has 0 saturated heterocycles. The van der Waals surface area contributed by atoms with E-state index < -0.39 is 0 Å². The Morgan fingerprint density at radius 3 is 3.00 bits per heavy atom. The van der Waals surface area contributed by atoms with Crippen LogP contribution in [-0.4, -0.2) is 21.1 Å². The van der Waals surface area contributed by atoms with Gasteiger partial charge in [0.2, 0.25) is 0 Å². The van der Waals surface area contributed by atoms with Gasteiger partial charge in [0.05, 0.1) is 6.33 Å². The third kappa shape index (κ3) is 2.71. The van der Waals surface area contributed by atoms with Crippen molar-refractivity contribution in [1.29, 1.82) is 0 Å². The Kier molecular flexibility index (Phi) is 3.50. The largest absolute Gasteiger partial charge is 0.399 e. The molecule has 20 heavy (non-hydrogen) atoms. The highest BCUT2D eigenvalue weighted by molar-refractivity contribution is 5.93. The fraction of sp³-hybridized carbons (Fsp3) is 0.200. The summed E-state index contributed by atoms with van der Waals surface area (Å²) in [6.07, 6.45) is 8.42. The zero-order valence-electron chi connectivity index (χ0n) is 11.2. The van der Waals surface area contributed by atoms with Crippen LogP contribution >= 0.6 is 0 Å². The lowest BCUT2D eigenvalue weighted by Gasteiger charge is -2.09. The summed E-state index contributed by atoms with van der Waals surface area (Å²) in [5, 5.41) is 5.59. The molecule has 2 aromatic heterocycles. The molecule has 0 amide bonds. The first-order valence-corrected chi connectivity index (χ1v) is 6.67. The Bertz CT molecular complexity index is 691. The maximum atomic E-state index is 5.85. The molecule has 102 valence electrons. The van der Waals surface area contributed by atoms with Crippen LogP contribution in [0.4, 0.5) is 11.5 Å². The second kappa shape index (κ2) is 5.61. The fourth-order valence-electron chi connectivity index (χ4n) is 2.21. The topological polar surface area (TPSA) is 68.8 Å². The number of anilines is 2. The van der Waals surface area contributed by atoms with Crippen LogP contribution in [0, 0.1) is 0 Å². The first-order valence-electron chi connectivity index (χ1n) is 6.67. The molecule has 3 rings (SSSR count). The number of benzene rings is 1. The lowest BCUT2D eigenvalue weighted by molar-refractivity contribution is 0.660. The highest BCUT2D eigenvalue weighted by atomic mass is 15.0. The summed E-state index contributed by atoms with van der Waals surface area (Å²) in [4.78, 5) is 8.42. The number of aromatic nitrogens is 3. The van der Waals surface area contributed by atoms with Crippen molar-refractivity contribution in [1.82, 2.24) is 14.5 Å². The third-order valence-electron chi connectivity index (χ3n) is 3.23. The van der Waals surface area contributed by atoms with Gasteiger partial charge in [0.1, 0.15) is 5.82 Å². The molecule has 3 N–H and O–H groups in total. The summed E-state index contributed by atoms with van der Waals surface area (Å²) in [7, 11) is 0. The number of nitrogens with one attached hydrogen (secondary N) is 1. The van der Waals surface area contributed by atoms with E-state index in [1.54, 1.807) is 6.20 Å². The average molecular weight is 267 g/mol. The van der Waals surface area contributed by atoms with Crippen molar-refractivity contribution in [2.75, 3.05) is 17.6 Å². The maximum Gasteiger partial charge on any atom is 0.133 e. The normalized spacial score (nSPS) is 10.8. The molecule has 0 spiro atoms. The molecule has 0 bridgehead atoms. The summed E-state index contributed by atoms with van der Waals surface area (Å²) < 4.78 is 2.07. The van der Waals surface area contributed by atoms with Gasteiger partial charge in [-0.1, -0.05) is 6.07 Å². The van der Waals surface area contributed by atoms with Gasteiger partial charge < -0.3 is 15.6 Å². The van der Waals surface area contributed by atoms with Crippen molar-refractivity contribution in [3.8, 4) is 0 Å². The number of imidazole rings is 1. The van der Waals surface area contributed by atoms with Gasteiger partial charge in [-0.2, -0.15) is 0 Å². The molecule has 0 atom stereocenters. The Labute approximate surface area is 117 Å². The van der Waals surface area contributed by atoms with E-state index in [1.165, 1.54) is 0 Å². The number of nitrogens with two attached hydrogens (primary N) is 1. The minimum Gasteiger partial charge on any atom is -0.399 e. The number of rotatable bonds is 5. The van der Waals surface area contributed by atoms with Crippen LogP contribution in [0.1, 0.15) is 6.42 Å². The number of hydrogen-bond acceptors (Lipinski definition) is 4. The van der Waals surface area contributed by atoms with E-state index >= 15 is 0 Å². The molecule has 0 aliphatic rings. The lowest BCUT2D eigenvalue weighted by atomic mass is 10.1. The molecule has 0 aliphatic carbocycles. The number of fused-ring (bicyclic) bond motifs is 1. The molecular weight excluding hydrogens is 250 g/mol. The Morgan fingerprint density at radius 2 is 2.15 bits per heavy atom. The quantitative estimate of drug-likeness (QED) is 0.550. The van der Waals surface area contributed by atoms with Crippen LogP contribution < -0.4 is 11.1 Å². The minimum absolute atomic E-state index is 0.756. The van der Waals surface area contributed by atoms with Crippen LogP contribution in [0.3, 0.4) is 0 Å². The monoisotopic (exact) mass is 267 g/mol. The van der Waals surface area contributed by atoms with Gasteiger partial charge in [-0.15, -0.1) is 0 Å². The minimum atomic E-state index is 0.756. The Morgan fingerprint density at radius 1 is 1.20 bits per heavy atom. The smallest absolute Gasteiger partial charge is 0.133 e. The highest BCUT2D eigenvalue weighted by Crippen LogP contribution is 2.23. The molecule has 1 aromatic carbocycles. The molecule has 0 aliphatic heterocycles. The molecule has 0 fully saturated rings. The third-order valence-corrected chi connectivity index (χ3v) is 3.23. The summed E-state index contributed by atoms with van der Waals surface area (Å²) in [6.45, 7) is 1.80. The van der Waals surface area contributed by atoms with E-state index in [4.69, 9.17) is 5.73 Å². The van der Waals surface area contributed by atoms with Crippen molar-refractivity contribution in [2.45, 2.75) is 13.0 Å². The number of nitrogen functional groups attached to an aromatic ring is 1. The van der Waals surface area contributed by atoms with E-state index in [1.807, 2.05) is 43.0 Å². The summed E-state index contributed by atoms with van der Waals surface area (Å²) in [6, 6.07) is 7.88. The summed E-state index contributed by atoms with van der Waals surface area (Å²) in [5.41, 5.74) is 6.60. The number of hydrogen-bond donors (Lipinski definition) is 2. The van der Waals surface area contributed by atoms with Gasteiger partial charge in [0.15, 0.2) is 0 Å². The maximum absolute atomic E-state index is 5.85. The van der Waals surface area contributed by atoms with E-state index in [0.717, 1.165) is 41.8 Å². The molecular formula is C15H17N5. The summed E-state index contributed by atoms with van der Waals surface area (Å²) in [5.74, 6) is 0.889. The number of pyridine rings is 1. The standard InChI is InChI=1S/C15H17N5/c16-13-3-2-12-4-6-19-15(14(12)10-13)18-5-1-8-20-9-7-17-11-20/h2-4,6-7,9-11H,1,5,8,16H2,(H,18,19).